The first-order valence-corrected chi connectivity index (χ1v) is 16.0. The first-order chi connectivity index (χ1) is 18.8. The molecule has 0 bridgehead atoms. The second-order valence-electron chi connectivity index (χ2n) is 11.9. The summed E-state index contributed by atoms with van der Waals surface area (Å²) in [6, 6.07) is 0. The molecule has 0 heterocycles. The molecule has 241 valence electrons. The van der Waals surface area contributed by atoms with Gasteiger partial charge >= 0.3 is 49.4 Å². The Kier molecular flexibility index (Phi) is 22.3. The second kappa shape index (κ2) is 19.9. The summed E-state index contributed by atoms with van der Waals surface area (Å²) in [7, 11) is -3.22. The third-order valence-corrected chi connectivity index (χ3v) is 14.1. The molecule has 0 saturated heterocycles. The number of hydrogen-bond donors (Lipinski definition) is 0. The quantitative estimate of drug-likeness (QED) is 0.0879. The van der Waals surface area contributed by atoms with Crippen LogP contribution in [0, 0.1) is 167 Å². The fourth-order valence-electron chi connectivity index (χ4n) is 6.22. The SMILES string of the molecule is CC([C-]=O)=[C-][OH2+].Cc1c(C)c(C)c(P(=O)(c2c(C)c(C)c(C)c(C)c2C)c2c(C)c(C)c(C)c(C)c2C)c(C)c1C.[CH3-].[Eu+2].[Y].[Y]. The topological polar surface area (TPSA) is 57.0 Å². The summed E-state index contributed by atoms with van der Waals surface area (Å²) in [6.45, 7) is 34.4. The van der Waals surface area contributed by atoms with Crippen molar-refractivity contribution in [1.82, 2.24) is 0 Å². The average molecular weight is 919 g/mol. The van der Waals surface area contributed by atoms with Crippen molar-refractivity contribution in [2.45, 2.75) is 111 Å². The Labute approximate surface area is 366 Å². The molecule has 3 radical (unpaired) electrons. The molecule has 0 aliphatic rings. The van der Waals surface area contributed by atoms with Gasteiger partial charge in [-0.2, -0.15) is 0 Å². The van der Waals surface area contributed by atoms with Gasteiger partial charge in [0.05, 0.1) is 0 Å². The normalized spacial score (nSPS) is 10.8. The van der Waals surface area contributed by atoms with Crippen LogP contribution in [-0.4, -0.2) is 11.4 Å². The molecule has 0 amide bonds. The maximum atomic E-state index is 16.4. The molecule has 3 aromatic carbocycles. The fraction of sp³-hybridized carbons (Fsp3) is 0.421. The number of hydrogen-bond acceptors (Lipinski definition) is 2. The predicted molar refractivity (Wildman–Crippen MR) is 185 cm³/mol. The van der Waals surface area contributed by atoms with E-state index in [1.54, 1.807) is 0 Å². The predicted octanol–water partition coefficient (Wildman–Crippen LogP) is 7.93. The van der Waals surface area contributed by atoms with E-state index in [0.29, 0.717) is 0 Å². The molecule has 0 fully saturated rings. The van der Waals surface area contributed by atoms with Gasteiger partial charge in [-0.25, -0.2) is 0 Å². The second-order valence-corrected chi connectivity index (χ2v) is 14.4. The van der Waals surface area contributed by atoms with Gasteiger partial charge in [0.2, 0.25) is 0 Å². The van der Waals surface area contributed by atoms with E-state index in [1.807, 2.05) is 6.26 Å². The van der Waals surface area contributed by atoms with Crippen molar-refractivity contribution < 1.29 is 129 Å². The summed E-state index contributed by atoms with van der Waals surface area (Å²) in [4.78, 5) is 9.39. The van der Waals surface area contributed by atoms with E-state index in [-0.39, 0.29) is 128 Å². The Balaban J connectivity index is -0.00000161. The number of benzene rings is 3. The van der Waals surface area contributed by atoms with Gasteiger partial charge in [-0.1, -0.05) is 6.92 Å². The van der Waals surface area contributed by atoms with Crippen LogP contribution in [0.2, 0.25) is 0 Å². The van der Waals surface area contributed by atoms with Crippen LogP contribution in [0.4, 0.5) is 0 Å². The smallest absolute Gasteiger partial charge is 0.759 e. The zero-order chi connectivity index (χ0) is 31.9. The summed E-state index contributed by atoms with van der Waals surface area (Å²) in [5.74, 6) is 0. The molecule has 0 aliphatic heterocycles. The van der Waals surface area contributed by atoms with Crippen molar-refractivity contribution >= 4 is 29.3 Å². The van der Waals surface area contributed by atoms with Gasteiger partial charge in [-0.3, -0.25) is 11.9 Å². The van der Waals surface area contributed by atoms with Gasteiger partial charge in [0, 0.05) is 81.3 Å². The summed E-state index contributed by atoms with van der Waals surface area (Å²) in [6.07, 6.45) is 3.34. The molecule has 0 unspecified atom stereocenters. The first kappa shape index (κ1) is 50.3. The van der Waals surface area contributed by atoms with Crippen LogP contribution in [0.5, 0.6) is 0 Å². The maximum absolute atomic E-state index is 16.4. The third-order valence-electron chi connectivity index (χ3n) is 10.2. The van der Waals surface area contributed by atoms with Crippen LogP contribution in [0.3, 0.4) is 0 Å². The van der Waals surface area contributed by atoms with Crippen LogP contribution < -0.4 is 15.9 Å². The Morgan fingerprint density at radius 1 is 0.467 bits per heavy atom. The summed E-state index contributed by atoms with van der Waals surface area (Å²) in [5.41, 5.74) is 18.8. The molecule has 0 atom stereocenters. The van der Waals surface area contributed by atoms with Crippen LogP contribution in [0.15, 0.2) is 5.57 Å². The average Bonchev–Trinajstić information content (AvgIpc) is 2.94. The molecule has 0 aromatic heterocycles. The molecule has 0 aliphatic carbocycles. The minimum Gasteiger partial charge on any atom is -0.759 e. The molecule has 0 saturated carbocycles. The molecule has 3 aromatic rings. The van der Waals surface area contributed by atoms with E-state index < -0.39 is 7.14 Å². The standard InChI is InChI=1S/C33H45OP.C4H5O2.CH3.Eu.2Y/c1-16-19(4)25(10)31(26(11)20(16)5)35(34,32-27(12)21(6)17(2)22(7)28(32)13)33-29(14)23(8)18(3)24(9)30(33)15;1-4(2-5)3-6;;;;/h1-15H3;5H2,1H3;1H3;;;/q;2*-1;+2;;. The van der Waals surface area contributed by atoms with Gasteiger partial charge in [-0.15, -0.1) is 6.26 Å². The summed E-state index contributed by atoms with van der Waals surface area (Å²) >= 11 is 0. The third kappa shape index (κ3) is 9.17. The molecule has 45 heavy (non-hydrogen) atoms. The van der Waals surface area contributed by atoms with Crippen molar-refractivity contribution in [2.75, 3.05) is 0 Å². The fourth-order valence-corrected chi connectivity index (χ4v) is 10.7. The Morgan fingerprint density at radius 3 is 0.733 bits per heavy atom. The summed E-state index contributed by atoms with van der Waals surface area (Å²) < 4.78 is 16.4. The van der Waals surface area contributed by atoms with Crippen molar-refractivity contribution in [1.29, 1.82) is 0 Å². The Hall–Kier alpha value is 0.892. The zero-order valence-corrected chi connectivity index (χ0v) is 39.8. The largest absolute Gasteiger partial charge is 2.00 e. The van der Waals surface area contributed by atoms with Gasteiger partial charge in [0.25, 0.3) is 0 Å². The Morgan fingerprint density at radius 2 is 0.622 bits per heavy atom. The number of carbonyl (C=O) groups excluding carboxylic acids is 1. The zero-order valence-electron chi connectivity index (χ0n) is 30.8. The molecule has 0 spiro atoms. The molecule has 2 N–H and O–H groups in total. The van der Waals surface area contributed by atoms with E-state index in [1.165, 1.54) is 96.7 Å². The van der Waals surface area contributed by atoms with Crippen LogP contribution in [-0.2, 0) is 74.8 Å². The molecule has 7 heteroatoms. The molecular weight excluding hydrogens is 865 g/mol. The van der Waals surface area contributed by atoms with Crippen molar-refractivity contribution in [3.05, 3.63) is 103 Å². The molecule has 3 rings (SSSR count). The van der Waals surface area contributed by atoms with Gasteiger partial charge in [-0.05, 0) is 187 Å². The molecule has 3 nitrogen and oxygen atoms in total. The van der Waals surface area contributed by atoms with E-state index in [9.17, 15) is 4.79 Å². The summed E-state index contributed by atoms with van der Waals surface area (Å²) in [5, 5.41) is 9.43. The van der Waals surface area contributed by atoms with Gasteiger partial charge in [0.1, 0.15) is 0 Å². The Bertz CT molecular complexity index is 1390. The first-order valence-electron chi connectivity index (χ1n) is 14.3. The van der Waals surface area contributed by atoms with Crippen LogP contribution in [0.25, 0.3) is 0 Å². The maximum Gasteiger partial charge on any atom is 2.00 e. The van der Waals surface area contributed by atoms with Crippen molar-refractivity contribution in [3.63, 3.8) is 0 Å². The monoisotopic (exact) mass is 919 g/mol. The van der Waals surface area contributed by atoms with Crippen LogP contribution >= 0.6 is 7.14 Å². The van der Waals surface area contributed by atoms with Crippen molar-refractivity contribution in [3.8, 4) is 0 Å². The minimum absolute atomic E-state index is 0. The van der Waals surface area contributed by atoms with E-state index >= 15 is 4.57 Å². The minimum atomic E-state index is -3.22. The van der Waals surface area contributed by atoms with Crippen molar-refractivity contribution in [2.24, 2.45) is 0 Å². The number of rotatable bonds is 4. The van der Waals surface area contributed by atoms with E-state index in [4.69, 9.17) is 5.11 Å². The van der Waals surface area contributed by atoms with E-state index in [0.717, 1.165) is 15.9 Å². The van der Waals surface area contributed by atoms with Gasteiger partial charge < -0.3 is 21.9 Å². The molecular formula is C38H53EuO3PY2. The number of allylic oxidation sites excluding steroid dienone is 1. The van der Waals surface area contributed by atoms with Crippen LogP contribution in [0.1, 0.15) is 90.4 Å². The van der Waals surface area contributed by atoms with Gasteiger partial charge in [0.15, 0.2) is 7.14 Å². The van der Waals surface area contributed by atoms with E-state index in [2.05, 4.69) is 104 Å².